The van der Waals surface area contributed by atoms with Gasteiger partial charge in [-0.05, 0) is 47.2 Å². The summed E-state index contributed by atoms with van der Waals surface area (Å²) in [5.41, 5.74) is 1.95. The fraction of sp³-hybridized carbons (Fsp3) is 0.383. The molecule has 0 saturated carbocycles. The van der Waals surface area contributed by atoms with E-state index in [1.165, 1.54) is 11.0 Å². The lowest BCUT2D eigenvalue weighted by Crippen LogP contribution is -2.62. The molecule has 0 saturated heterocycles. The standard InChI is InChI=1S/C47H52F2N6O11/c1-25(2)40(53-43(59)33-19-18-27-12-9-10-17-32(27)50-33)46(62)52-35(22-39(58)65-6)44(60)54-41(26(3)4)47(63)55-23-29-14-8-7-13-28(29)20-36(55)45(61)51-34(21-38(57)64-5)37(56)24-66-42-30(48)15-11-16-31(42)49/h7-19,25-26,34-36,40-41H,20-24H2,1-6H3,(H,51,61)(H,52,62)(H,53,59)(H,54,60)/t34?,35-,36+,40-,41-/m0/s1. The second kappa shape index (κ2) is 22.5. The van der Waals surface area contributed by atoms with Gasteiger partial charge in [0.05, 0.1) is 32.6 Å². The van der Waals surface area contributed by atoms with Gasteiger partial charge in [0, 0.05) is 18.4 Å². The van der Waals surface area contributed by atoms with Crippen molar-refractivity contribution in [3.63, 3.8) is 0 Å². The molecule has 1 aliphatic rings. The van der Waals surface area contributed by atoms with Crippen molar-refractivity contribution in [1.82, 2.24) is 31.2 Å². The third-order valence-electron chi connectivity index (χ3n) is 10.9. The van der Waals surface area contributed by atoms with Crippen molar-refractivity contribution in [2.75, 3.05) is 20.8 Å². The smallest absolute Gasteiger partial charge is 0.308 e. The molecule has 1 unspecified atom stereocenters. The lowest BCUT2D eigenvalue weighted by Gasteiger charge is -2.39. The van der Waals surface area contributed by atoms with E-state index in [2.05, 4.69) is 26.3 Å². The Balaban J connectivity index is 1.37. The molecule has 5 rings (SSSR count). The maximum Gasteiger partial charge on any atom is 0.308 e. The molecule has 17 nitrogen and oxygen atoms in total. The fourth-order valence-corrected chi connectivity index (χ4v) is 7.23. The number of aromatic nitrogens is 1. The number of hydrogen-bond acceptors (Lipinski definition) is 12. The number of carbonyl (C=O) groups is 8. The lowest BCUT2D eigenvalue weighted by molar-refractivity contribution is -0.148. The van der Waals surface area contributed by atoms with Crippen molar-refractivity contribution >= 4 is 58.2 Å². The van der Waals surface area contributed by atoms with E-state index in [1.54, 1.807) is 70.2 Å². The largest absolute Gasteiger partial charge is 0.480 e. The number of benzene rings is 3. The first-order valence-electron chi connectivity index (χ1n) is 21.1. The predicted molar refractivity (Wildman–Crippen MR) is 233 cm³/mol. The van der Waals surface area contributed by atoms with Crippen LogP contribution in [0.1, 0.15) is 62.2 Å². The highest BCUT2D eigenvalue weighted by atomic mass is 19.1. The normalized spacial score (nSPS) is 15.1. The highest BCUT2D eigenvalue weighted by Gasteiger charge is 2.41. The maximum absolute atomic E-state index is 14.7. The molecule has 66 heavy (non-hydrogen) atoms. The Morgan fingerprint density at radius 1 is 0.682 bits per heavy atom. The number of methoxy groups -OCH3 is 2. The van der Waals surface area contributed by atoms with E-state index >= 15 is 0 Å². The number of esters is 2. The van der Waals surface area contributed by atoms with Crippen LogP contribution in [0.4, 0.5) is 8.78 Å². The van der Waals surface area contributed by atoms with Crippen molar-refractivity contribution < 1.29 is 61.3 Å². The van der Waals surface area contributed by atoms with Gasteiger partial charge in [0.15, 0.2) is 23.2 Å². The number of para-hydroxylation sites is 2. The van der Waals surface area contributed by atoms with Crippen LogP contribution in [-0.4, -0.2) is 108 Å². The Morgan fingerprint density at radius 3 is 1.92 bits per heavy atom. The van der Waals surface area contributed by atoms with Crippen LogP contribution in [0.15, 0.2) is 78.9 Å². The number of rotatable bonds is 19. The first kappa shape index (κ1) is 49.7. The molecule has 350 valence electrons. The van der Waals surface area contributed by atoms with E-state index in [1.807, 2.05) is 12.1 Å². The summed E-state index contributed by atoms with van der Waals surface area (Å²) in [6.45, 7) is 5.49. The van der Waals surface area contributed by atoms with Gasteiger partial charge in [-0.1, -0.05) is 82.3 Å². The number of nitrogens with one attached hydrogen (secondary N) is 4. The average molecular weight is 915 g/mol. The molecule has 19 heteroatoms. The maximum atomic E-state index is 14.7. The Hall–Kier alpha value is -7.31. The molecular formula is C47H52F2N6O11. The van der Waals surface area contributed by atoms with Crippen LogP contribution in [0.3, 0.4) is 0 Å². The first-order valence-corrected chi connectivity index (χ1v) is 21.1. The van der Waals surface area contributed by atoms with Crippen LogP contribution < -0.4 is 26.0 Å². The van der Waals surface area contributed by atoms with Gasteiger partial charge in [0.2, 0.25) is 23.6 Å². The number of Topliss-reactive ketones (excluding diaryl/α,β-unsaturated/α-hetero) is 1. The number of hydrogen-bond donors (Lipinski definition) is 4. The summed E-state index contributed by atoms with van der Waals surface area (Å²) in [5.74, 6) is -11.0. The second-order valence-electron chi connectivity index (χ2n) is 16.3. The fourth-order valence-electron chi connectivity index (χ4n) is 7.23. The quantitative estimate of drug-likeness (QED) is 0.0996. The van der Waals surface area contributed by atoms with Crippen molar-refractivity contribution in [3.05, 3.63) is 107 Å². The second-order valence-corrected chi connectivity index (χ2v) is 16.3. The van der Waals surface area contributed by atoms with E-state index in [0.29, 0.717) is 16.6 Å². The van der Waals surface area contributed by atoms with E-state index in [0.717, 1.165) is 37.8 Å². The highest BCUT2D eigenvalue weighted by Crippen LogP contribution is 2.26. The van der Waals surface area contributed by atoms with Crippen molar-refractivity contribution in [1.29, 1.82) is 0 Å². The minimum atomic E-state index is -1.62. The van der Waals surface area contributed by atoms with E-state index in [9.17, 15) is 47.1 Å². The topological polar surface area (TPSA) is 228 Å². The van der Waals surface area contributed by atoms with Crippen LogP contribution in [-0.2, 0) is 56.0 Å². The summed E-state index contributed by atoms with van der Waals surface area (Å²) in [4.78, 5) is 114. The average Bonchev–Trinajstić information content (AvgIpc) is 3.30. The molecule has 0 spiro atoms. The summed E-state index contributed by atoms with van der Waals surface area (Å²) in [5, 5.41) is 11.1. The van der Waals surface area contributed by atoms with Crippen LogP contribution in [0.5, 0.6) is 5.75 Å². The van der Waals surface area contributed by atoms with Gasteiger partial charge in [-0.15, -0.1) is 0 Å². The van der Waals surface area contributed by atoms with Gasteiger partial charge in [0.25, 0.3) is 5.91 Å². The number of halogens is 2. The molecule has 0 aliphatic carbocycles. The van der Waals surface area contributed by atoms with Crippen LogP contribution in [0.2, 0.25) is 0 Å². The van der Waals surface area contributed by atoms with E-state index < -0.39 is 126 Å². The minimum Gasteiger partial charge on any atom is -0.480 e. The molecule has 5 amide bonds. The highest BCUT2D eigenvalue weighted by molar-refractivity contribution is 6.00. The zero-order chi connectivity index (χ0) is 48.2. The van der Waals surface area contributed by atoms with Crippen LogP contribution >= 0.6 is 0 Å². The van der Waals surface area contributed by atoms with Crippen LogP contribution in [0, 0.1) is 23.5 Å². The van der Waals surface area contributed by atoms with Crippen molar-refractivity contribution in [2.24, 2.45) is 11.8 Å². The Morgan fingerprint density at radius 2 is 1.29 bits per heavy atom. The molecule has 4 N–H and O–H groups in total. The number of amides is 5. The number of pyridine rings is 1. The third-order valence-corrected chi connectivity index (χ3v) is 10.9. The lowest BCUT2D eigenvalue weighted by atomic mass is 9.91. The summed E-state index contributed by atoms with van der Waals surface area (Å²) in [7, 11) is 2.15. The molecule has 5 atom stereocenters. The molecule has 4 aromatic rings. The molecule has 0 radical (unpaired) electrons. The minimum absolute atomic E-state index is 0.0395. The summed E-state index contributed by atoms with van der Waals surface area (Å²) >= 11 is 0. The third kappa shape index (κ3) is 12.5. The number of ketones is 1. The Kier molecular flexibility index (Phi) is 17.0. The van der Waals surface area contributed by atoms with Gasteiger partial charge in [-0.3, -0.25) is 38.4 Å². The van der Waals surface area contributed by atoms with Gasteiger partial charge in [0.1, 0.15) is 42.5 Å². The molecule has 0 fully saturated rings. The number of fused-ring (bicyclic) bond motifs is 2. The Labute approximate surface area is 379 Å². The van der Waals surface area contributed by atoms with Gasteiger partial charge < -0.3 is 40.4 Å². The summed E-state index contributed by atoms with van der Waals surface area (Å²) in [6, 6.07) is 13.1. The van der Waals surface area contributed by atoms with Gasteiger partial charge >= 0.3 is 11.9 Å². The molecule has 0 bridgehead atoms. The van der Waals surface area contributed by atoms with Crippen molar-refractivity contribution in [3.8, 4) is 5.75 Å². The monoisotopic (exact) mass is 914 g/mol. The number of ether oxygens (including phenoxy) is 3. The number of nitrogens with zero attached hydrogens (tertiary/aromatic N) is 2. The Bertz CT molecular complexity index is 2460. The molecule has 2 heterocycles. The molecule has 1 aliphatic heterocycles. The SMILES string of the molecule is COC(=O)CC(NC(=O)[C@H]1Cc2ccccc2CN1C(=O)[C@@H](NC(=O)[C@H](CC(=O)OC)NC(=O)[C@@H](NC(=O)c1ccc2ccccc2n1)C(C)C)C(C)C)C(=O)COc1c(F)cccc1F. The molecule has 3 aromatic carbocycles. The van der Waals surface area contributed by atoms with Gasteiger partial charge in [-0.2, -0.15) is 0 Å². The molecule has 1 aromatic heterocycles. The zero-order valence-corrected chi connectivity index (χ0v) is 37.2. The predicted octanol–water partition coefficient (Wildman–Crippen LogP) is 3.11. The van der Waals surface area contributed by atoms with Gasteiger partial charge in [-0.25, -0.2) is 13.8 Å². The summed E-state index contributed by atoms with van der Waals surface area (Å²) < 4.78 is 43.2. The van der Waals surface area contributed by atoms with Crippen LogP contribution in [0.25, 0.3) is 10.9 Å². The number of carbonyl (C=O) groups excluding carboxylic acids is 8. The van der Waals surface area contributed by atoms with E-state index in [4.69, 9.17) is 14.2 Å². The molecular weight excluding hydrogens is 863 g/mol. The summed E-state index contributed by atoms with van der Waals surface area (Å²) in [6.07, 6.45) is -1.43. The zero-order valence-electron chi connectivity index (χ0n) is 37.2. The van der Waals surface area contributed by atoms with E-state index in [-0.39, 0.29) is 18.7 Å². The van der Waals surface area contributed by atoms with Crippen molar-refractivity contribution in [2.45, 2.75) is 83.7 Å². The first-order chi connectivity index (χ1) is 31.4.